The van der Waals surface area contributed by atoms with Crippen LogP contribution in [0.3, 0.4) is 0 Å². The van der Waals surface area contributed by atoms with E-state index in [-0.39, 0.29) is 6.61 Å². The molecule has 0 saturated carbocycles. The summed E-state index contributed by atoms with van der Waals surface area (Å²) in [6.45, 7) is 3.02. The maximum atomic E-state index is 11.8. The number of sulfonamides is 2. The number of aromatic nitrogens is 1. The van der Waals surface area contributed by atoms with Gasteiger partial charge in [-0.05, 0) is 30.7 Å². The number of pyridine rings is 1. The Morgan fingerprint density at radius 1 is 1.00 bits per heavy atom. The van der Waals surface area contributed by atoms with Crippen LogP contribution in [0, 0.1) is 0 Å². The van der Waals surface area contributed by atoms with E-state index in [1.54, 1.807) is 24.3 Å². The third-order valence-electron chi connectivity index (χ3n) is 4.18. The van der Waals surface area contributed by atoms with Crippen LogP contribution in [-0.4, -0.2) is 46.6 Å². The van der Waals surface area contributed by atoms with Crippen molar-refractivity contribution in [2.75, 3.05) is 11.9 Å². The molecule has 1 heterocycles. The highest BCUT2D eigenvalue weighted by Crippen LogP contribution is 2.36. The van der Waals surface area contributed by atoms with Gasteiger partial charge in [0.2, 0.25) is 6.08 Å². The largest absolute Gasteiger partial charge is 0.480 e. The molecule has 0 bridgehead atoms. The predicted molar refractivity (Wildman–Crippen MR) is 123 cm³/mol. The van der Waals surface area contributed by atoms with Crippen molar-refractivity contribution in [3.63, 3.8) is 0 Å². The fourth-order valence-electron chi connectivity index (χ4n) is 2.49. The summed E-state index contributed by atoms with van der Waals surface area (Å²) in [5, 5.41) is 2.63. The van der Waals surface area contributed by atoms with Crippen LogP contribution < -0.4 is 9.88 Å². The Morgan fingerprint density at radius 3 is 2.05 bits per heavy atom. The van der Waals surface area contributed by atoms with Crippen molar-refractivity contribution >= 4 is 43.6 Å². The summed E-state index contributed by atoms with van der Waals surface area (Å²) in [5.41, 5.74) is -10.1. The van der Waals surface area contributed by atoms with Crippen LogP contribution in [0.2, 0.25) is 0 Å². The number of anilines is 1. The molecular formula is C20H20F6N4O7S2. The number of hydrogen-bond acceptors (Lipinski definition) is 8. The molecule has 1 aromatic heterocycles. The Bertz CT molecular complexity index is 1330. The molecule has 19 heteroatoms. The van der Waals surface area contributed by atoms with Crippen LogP contribution in [0.25, 0.3) is 4.13 Å². The lowest BCUT2D eigenvalue weighted by atomic mass is 10.2. The number of ether oxygens (including phenoxy) is 1. The van der Waals surface area contributed by atoms with Crippen molar-refractivity contribution < 1.29 is 62.1 Å². The number of alkyl halides is 6. The second kappa shape index (κ2) is 14.0. The van der Waals surface area contributed by atoms with Gasteiger partial charge < -0.3 is 8.86 Å². The quantitative estimate of drug-likeness (QED) is 0.194. The van der Waals surface area contributed by atoms with Gasteiger partial charge in [0.15, 0.2) is 45.1 Å². The number of halogens is 6. The van der Waals surface area contributed by atoms with Crippen molar-refractivity contribution in [3.05, 3.63) is 58.5 Å². The van der Waals surface area contributed by atoms with E-state index in [0.717, 1.165) is 17.0 Å². The maximum Gasteiger partial charge on any atom is 0.480 e. The van der Waals surface area contributed by atoms with Crippen LogP contribution >= 0.6 is 0 Å². The van der Waals surface area contributed by atoms with Gasteiger partial charge in [0, 0.05) is 24.2 Å². The number of aliphatic imine (C=N–C) groups is 1. The van der Waals surface area contributed by atoms with Gasteiger partial charge in [-0.3, -0.25) is 5.32 Å². The number of nitrogens with one attached hydrogen (secondary N) is 1. The smallest absolute Gasteiger partial charge is 0.443 e. The van der Waals surface area contributed by atoms with E-state index in [2.05, 4.69) is 27.9 Å². The summed E-state index contributed by atoms with van der Waals surface area (Å²) < 4.78 is 116. The van der Waals surface area contributed by atoms with Gasteiger partial charge in [-0.15, -0.1) is 0 Å². The predicted octanol–water partition coefficient (Wildman–Crippen LogP) is 4.20. The number of isocyanates is 1. The molecule has 0 saturated heterocycles. The van der Waals surface area contributed by atoms with Crippen LogP contribution in [-0.2, 0) is 42.5 Å². The van der Waals surface area contributed by atoms with Crippen molar-refractivity contribution in [1.29, 1.82) is 0 Å². The van der Waals surface area contributed by atoms with E-state index < -0.39 is 37.2 Å². The van der Waals surface area contributed by atoms with Gasteiger partial charge in [0.25, 0.3) is 0 Å². The number of nitrogens with zero attached hydrogens (tertiary/aromatic N) is 3. The lowest BCUT2D eigenvalue weighted by Crippen LogP contribution is -2.40. The number of carbonyl (C=O) groups is 1. The van der Waals surface area contributed by atoms with Gasteiger partial charge in [0.1, 0.15) is 0 Å². The van der Waals surface area contributed by atoms with E-state index >= 15 is 0 Å². The number of aryl methyl sites for hydroxylation is 1. The Kier molecular flexibility index (Phi) is 12.0. The van der Waals surface area contributed by atoms with E-state index in [1.165, 1.54) is 11.8 Å². The molecule has 216 valence electrons. The molecule has 2 aromatic rings. The first kappa shape index (κ1) is 33.5. The topological polar surface area (TPSA) is 154 Å². The molecule has 0 atom stereocenters. The summed E-state index contributed by atoms with van der Waals surface area (Å²) >= 11 is 0. The van der Waals surface area contributed by atoms with Crippen LogP contribution in [0.1, 0.15) is 19.0 Å². The number of carbonyl (C=O) groups excluding carboxylic acids is 2. The molecule has 2 rings (SSSR count). The minimum atomic E-state index is -6.72. The molecule has 1 N–H and O–H groups in total. The molecule has 11 nitrogen and oxygen atoms in total. The molecule has 0 spiro atoms. The highest BCUT2D eigenvalue weighted by Gasteiger charge is 2.46. The number of amides is 1. The van der Waals surface area contributed by atoms with E-state index in [4.69, 9.17) is 4.74 Å². The fourth-order valence-corrected chi connectivity index (χ4v) is 4.20. The third-order valence-corrected chi connectivity index (χ3v) is 6.92. The standard InChI is InChI=1S/C18H19N3O3.C2F6NO4S2/c1-2-5-17-6-3-4-11-21(17)12-13-24-18(23)20-16-9-7-15(8-10-16)19-14-22;3-1(4,5)14(10,11)9-15(12,13)2(6,7)8/h3-4,6-11H,2,5,12-13H2,1H3;/q;-1/p+1. The number of rotatable bonds is 9. The monoisotopic (exact) mass is 606 g/mol. The van der Waals surface area contributed by atoms with Crippen molar-refractivity contribution in [2.45, 2.75) is 37.3 Å². The van der Waals surface area contributed by atoms with Crippen LogP contribution in [0.5, 0.6) is 0 Å². The second-order valence-electron chi connectivity index (χ2n) is 7.06. The van der Waals surface area contributed by atoms with E-state index in [0.29, 0.717) is 17.9 Å². The molecule has 39 heavy (non-hydrogen) atoms. The van der Waals surface area contributed by atoms with E-state index in [1.807, 2.05) is 18.3 Å². The molecule has 1 aromatic carbocycles. The molecule has 0 fully saturated rings. The first-order valence-electron chi connectivity index (χ1n) is 10.4. The average Bonchev–Trinajstić information content (AvgIpc) is 2.80. The highest BCUT2D eigenvalue weighted by molar-refractivity contribution is 8.13. The van der Waals surface area contributed by atoms with Crippen molar-refractivity contribution in [2.24, 2.45) is 4.99 Å². The zero-order valence-corrected chi connectivity index (χ0v) is 21.4. The summed E-state index contributed by atoms with van der Waals surface area (Å²) in [7, 11) is -13.4. The molecule has 1 amide bonds. The van der Waals surface area contributed by atoms with Gasteiger partial charge >= 0.3 is 17.1 Å². The molecule has 0 radical (unpaired) electrons. The fraction of sp³-hybridized carbons (Fsp3) is 0.350. The summed E-state index contributed by atoms with van der Waals surface area (Å²) in [5.74, 6) is 0. The van der Waals surface area contributed by atoms with Crippen molar-refractivity contribution in [1.82, 2.24) is 0 Å². The number of hydrogen-bond donors (Lipinski definition) is 1. The summed E-state index contributed by atoms with van der Waals surface area (Å²) in [4.78, 5) is 25.4. The zero-order chi connectivity index (χ0) is 29.9. The van der Waals surface area contributed by atoms with Gasteiger partial charge in [-0.2, -0.15) is 35.9 Å². The lowest BCUT2D eigenvalue weighted by molar-refractivity contribution is -0.705. The SMILES string of the molecule is CCCc1cccc[n+]1CCOC(=O)Nc1ccc(N=C=O)cc1.O=S(=O)([N-]S(=O)(=O)C(F)(F)F)C(F)(F)F. The first-order chi connectivity index (χ1) is 17.9. The molecule has 0 aliphatic carbocycles. The Balaban J connectivity index is 0.000000439. The number of benzene rings is 1. The van der Waals surface area contributed by atoms with Gasteiger partial charge in [0.05, 0.1) is 5.69 Å². The Hall–Kier alpha value is -3.54. The lowest BCUT2D eigenvalue weighted by Gasteiger charge is -2.22. The second-order valence-corrected chi connectivity index (χ2v) is 10.5. The molecule has 0 aliphatic rings. The average molecular weight is 607 g/mol. The van der Waals surface area contributed by atoms with Gasteiger partial charge in [-0.1, -0.05) is 13.0 Å². The third kappa shape index (κ3) is 11.0. The van der Waals surface area contributed by atoms with Crippen LogP contribution in [0.15, 0.2) is 53.7 Å². The Morgan fingerprint density at radius 2 is 1.56 bits per heavy atom. The summed E-state index contributed by atoms with van der Waals surface area (Å²) in [6.07, 6.45) is 4.98. The normalized spacial score (nSPS) is 12.0. The molecule has 0 aliphatic heterocycles. The maximum absolute atomic E-state index is 11.8. The van der Waals surface area contributed by atoms with Gasteiger partial charge in [-0.25, -0.2) is 26.4 Å². The minimum Gasteiger partial charge on any atom is -0.443 e. The van der Waals surface area contributed by atoms with E-state index in [9.17, 15) is 52.8 Å². The zero-order valence-electron chi connectivity index (χ0n) is 19.7. The highest BCUT2D eigenvalue weighted by atomic mass is 32.3. The summed E-state index contributed by atoms with van der Waals surface area (Å²) in [6, 6.07) is 12.5. The molecule has 0 unspecified atom stereocenters. The van der Waals surface area contributed by atoms with Crippen molar-refractivity contribution in [3.8, 4) is 0 Å². The Labute approximate surface area is 218 Å². The minimum absolute atomic E-state index is 0.282. The first-order valence-corrected chi connectivity index (χ1v) is 13.3. The van der Waals surface area contributed by atoms with Crippen LogP contribution in [0.4, 0.5) is 42.5 Å². The molecular weight excluding hydrogens is 586 g/mol.